The molecule has 0 spiro atoms. The average molecular weight is 304 g/mol. The van der Waals surface area contributed by atoms with Crippen LogP contribution in [-0.2, 0) is 0 Å². The van der Waals surface area contributed by atoms with E-state index in [2.05, 4.69) is 21.9 Å². The largest absolute Gasteiger partial charge is 0.367 e. The summed E-state index contributed by atoms with van der Waals surface area (Å²) in [4.78, 5) is 12.7. The molecule has 1 aliphatic rings. The molecule has 0 radical (unpaired) electrons. The van der Waals surface area contributed by atoms with Crippen molar-refractivity contribution in [3.63, 3.8) is 0 Å². The molecular formula is C19H20N4. The number of anilines is 1. The van der Waals surface area contributed by atoms with Crippen LogP contribution in [0.2, 0.25) is 0 Å². The van der Waals surface area contributed by atoms with Gasteiger partial charge >= 0.3 is 0 Å². The lowest BCUT2D eigenvalue weighted by molar-refractivity contribution is 0.540. The fourth-order valence-electron chi connectivity index (χ4n) is 3.13. The van der Waals surface area contributed by atoms with Crippen molar-refractivity contribution in [3.8, 4) is 11.4 Å². The maximum absolute atomic E-state index is 4.79. The lowest BCUT2D eigenvalue weighted by atomic mass is 9.92. The molecule has 1 aromatic carbocycles. The molecule has 4 rings (SSSR count). The van der Waals surface area contributed by atoms with Crippen LogP contribution in [0.25, 0.3) is 22.4 Å². The van der Waals surface area contributed by atoms with Gasteiger partial charge in [-0.1, -0.05) is 42.5 Å². The van der Waals surface area contributed by atoms with Crippen LogP contribution in [0, 0.1) is 0 Å². The predicted molar refractivity (Wildman–Crippen MR) is 94.3 cm³/mol. The van der Waals surface area contributed by atoms with Gasteiger partial charge in [0.2, 0.25) is 0 Å². The first-order valence-corrected chi connectivity index (χ1v) is 8.13. The number of rotatable bonds is 3. The highest BCUT2D eigenvalue weighted by molar-refractivity contribution is 5.88. The Bertz CT molecular complexity index is 825. The molecule has 4 nitrogen and oxygen atoms in total. The van der Waals surface area contributed by atoms with E-state index in [0.717, 1.165) is 53.9 Å². The predicted octanol–water partition coefficient (Wildman–Crippen LogP) is 4.54. The van der Waals surface area contributed by atoms with Crippen LogP contribution < -0.4 is 5.32 Å². The standard InChI is InChI=1S/C19H20N4/c1-13-7-9-15(10-8-13)21-19-16-11-12-20-18(16)22-17(23-19)14-5-3-2-4-6-14/h2-6,11-12,15H,1,7-10H2,(H2,20,21,22,23). The Kier molecular flexibility index (Phi) is 3.58. The van der Waals surface area contributed by atoms with Crippen LogP contribution in [0.3, 0.4) is 0 Å². The summed E-state index contributed by atoms with van der Waals surface area (Å²) in [5, 5.41) is 4.68. The van der Waals surface area contributed by atoms with Crippen molar-refractivity contribution in [1.29, 1.82) is 0 Å². The summed E-state index contributed by atoms with van der Waals surface area (Å²) >= 11 is 0. The molecule has 0 saturated heterocycles. The van der Waals surface area contributed by atoms with Gasteiger partial charge in [-0.2, -0.15) is 0 Å². The topological polar surface area (TPSA) is 53.6 Å². The number of H-pyrrole nitrogens is 1. The minimum Gasteiger partial charge on any atom is -0.367 e. The molecule has 4 heteroatoms. The Morgan fingerprint density at radius 3 is 2.61 bits per heavy atom. The first-order valence-electron chi connectivity index (χ1n) is 8.13. The molecule has 1 aliphatic carbocycles. The Morgan fingerprint density at radius 2 is 1.83 bits per heavy atom. The van der Waals surface area contributed by atoms with Crippen LogP contribution in [0.1, 0.15) is 25.7 Å². The number of hydrogen-bond donors (Lipinski definition) is 2. The molecule has 0 bridgehead atoms. The molecule has 1 fully saturated rings. The first-order chi connectivity index (χ1) is 11.3. The van der Waals surface area contributed by atoms with Crippen molar-refractivity contribution in [1.82, 2.24) is 15.0 Å². The third kappa shape index (κ3) is 2.84. The molecule has 2 aromatic heterocycles. The SMILES string of the molecule is C=C1CCC(Nc2nc(-c3ccccc3)nc3[nH]ccc23)CC1. The maximum atomic E-state index is 4.79. The van der Waals surface area contributed by atoms with Gasteiger partial charge in [-0.25, -0.2) is 9.97 Å². The number of nitrogens with zero attached hydrogens (tertiary/aromatic N) is 2. The fraction of sp³-hybridized carbons (Fsp3) is 0.263. The van der Waals surface area contributed by atoms with E-state index in [1.807, 2.05) is 42.6 Å². The highest BCUT2D eigenvalue weighted by Gasteiger charge is 2.18. The summed E-state index contributed by atoms with van der Waals surface area (Å²) in [6.07, 6.45) is 6.36. The molecule has 2 N–H and O–H groups in total. The minimum atomic E-state index is 0.456. The number of allylic oxidation sites excluding steroid dienone is 1. The highest BCUT2D eigenvalue weighted by Crippen LogP contribution is 2.28. The van der Waals surface area contributed by atoms with Crippen molar-refractivity contribution in [3.05, 3.63) is 54.7 Å². The third-order valence-corrected chi connectivity index (χ3v) is 4.48. The Labute approximate surface area is 135 Å². The van der Waals surface area contributed by atoms with Crippen molar-refractivity contribution in [2.75, 3.05) is 5.32 Å². The average Bonchev–Trinajstić information content (AvgIpc) is 3.06. The van der Waals surface area contributed by atoms with Gasteiger partial charge in [0.15, 0.2) is 5.82 Å². The third-order valence-electron chi connectivity index (χ3n) is 4.48. The number of nitrogens with one attached hydrogen (secondary N) is 2. The zero-order valence-electron chi connectivity index (χ0n) is 13.0. The first kappa shape index (κ1) is 14.0. The number of aromatic amines is 1. The minimum absolute atomic E-state index is 0.456. The molecule has 116 valence electrons. The van der Waals surface area contributed by atoms with Gasteiger partial charge in [-0.3, -0.25) is 0 Å². The Balaban J connectivity index is 1.70. The molecule has 1 saturated carbocycles. The Morgan fingerprint density at radius 1 is 1.04 bits per heavy atom. The van der Waals surface area contributed by atoms with E-state index in [-0.39, 0.29) is 0 Å². The zero-order valence-corrected chi connectivity index (χ0v) is 13.0. The van der Waals surface area contributed by atoms with E-state index in [0.29, 0.717) is 6.04 Å². The summed E-state index contributed by atoms with van der Waals surface area (Å²) < 4.78 is 0. The van der Waals surface area contributed by atoms with E-state index in [1.54, 1.807) is 0 Å². The molecular weight excluding hydrogens is 284 g/mol. The zero-order chi connectivity index (χ0) is 15.6. The fourth-order valence-corrected chi connectivity index (χ4v) is 3.13. The molecule has 2 heterocycles. The van der Waals surface area contributed by atoms with E-state index >= 15 is 0 Å². The molecule has 3 aromatic rings. The van der Waals surface area contributed by atoms with Crippen LogP contribution in [0.5, 0.6) is 0 Å². The summed E-state index contributed by atoms with van der Waals surface area (Å²) in [6, 6.07) is 12.6. The summed E-state index contributed by atoms with van der Waals surface area (Å²) in [5.74, 6) is 1.68. The summed E-state index contributed by atoms with van der Waals surface area (Å²) in [5.41, 5.74) is 3.27. The number of fused-ring (bicyclic) bond motifs is 1. The van der Waals surface area contributed by atoms with Gasteiger partial charge in [0.1, 0.15) is 11.5 Å². The second-order valence-electron chi connectivity index (χ2n) is 6.17. The van der Waals surface area contributed by atoms with E-state index in [9.17, 15) is 0 Å². The monoisotopic (exact) mass is 304 g/mol. The number of hydrogen-bond acceptors (Lipinski definition) is 3. The highest BCUT2D eigenvalue weighted by atomic mass is 15.1. The second kappa shape index (κ2) is 5.88. The van der Waals surface area contributed by atoms with Crippen molar-refractivity contribution < 1.29 is 0 Å². The molecule has 23 heavy (non-hydrogen) atoms. The molecule has 0 aliphatic heterocycles. The van der Waals surface area contributed by atoms with Crippen molar-refractivity contribution >= 4 is 16.9 Å². The summed E-state index contributed by atoms with van der Waals surface area (Å²) in [7, 11) is 0. The van der Waals surface area contributed by atoms with Crippen LogP contribution in [0.4, 0.5) is 5.82 Å². The van der Waals surface area contributed by atoms with Crippen LogP contribution in [-0.4, -0.2) is 21.0 Å². The van der Waals surface area contributed by atoms with Crippen molar-refractivity contribution in [2.45, 2.75) is 31.7 Å². The van der Waals surface area contributed by atoms with E-state index in [1.165, 1.54) is 5.57 Å². The van der Waals surface area contributed by atoms with Gasteiger partial charge in [0, 0.05) is 17.8 Å². The van der Waals surface area contributed by atoms with Crippen molar-refractivity contribution in [2.24, 2.45) is 0 Å². The van der Waals surface area contributed by atoms with Gasteiger partial charge < -0.3 is 10.3 Å². The van der Waals surface area contributed by atoms with E-state index in [4.69, 9.17) is 4.98 Å². The van der Waals surface area contributed by atoms with Gasteiger partial charge in [0.05, 0.1) is 5.39 Å². The summed E-state index contributed by atoms with van der Waals surface area (Å²) in [6.45, 7) is 4.09. The number of benzene rings is 1. The van der Waals surface area contributed by atoms with Gasteiger partial charge in [-0.15, -0.1) is 0 Å². The molecule has 0 unspecified atom stereocenters. The molecule has 0 amide bonds. The quantitative estimate of drug-likeness (QED) is 0.699. The van der Waals surface area contributed by atoms with Gasteiger partial charge in [0.25, 0.3) is 0 Å². The van der Waals surface area contributed by atoms with Crippen LogP contribution >= 0.6 is 0 Å². The second-order valence-corrected chi connectivity index (χ2v) is 6.17. The lowest BCUT2D eigenvalue weighted by Crippen LogP contribution is -2.23. The maximum Gasteiger partial charge on any atom is 0.163 e. The van der Waals surface area contributed by atoms with E-state index < -0.39 is 0 Å². The molecule has 0 atom stereocenters. The number of aromatic nitrogens is 3. The normalized spacial score (nSPS) is 15.9. The van der Waals surface area contributed by atoms with Crippen LogP contribution in [0.15, 0.2) is 54.7 Å². The lowest BCUT2D eigenvalue weighted by Gasteiger charge is -2.25. The van der Waals surface area contributed by atoms with Gasteiger partial charge in [-0.05, 0) is 31.7 Å². The Hall–Kier alpha value is -2.62. The smallest absolute Gasteiger partial charge is 0.163 e.